The lowest BCUT2D eigenvalue weighted by Crippen LogP contribution is -2.00. The van der Waals surface area contributed by atoms with Gasteiger partial charge >= 0.3 is 0 Å². The Bertz CT molecular complexity index is 400. The minimum Gasteiger partial charge on any atom is -0.495 e. The van der Waals surface area contributed by atoms with Gasteiger partial charge in [0.25, 0.3) is 5.70 Å². The van der Waals surface area contributed by atoms with Crippen LogP contribution in [0.1, 0.15) is 6.92 Å². The van der Waals surface area contributed by atoms with Crippen molar-refractivity contribution in [2.45, 2.75) is 6.92 Å². The topological polar surface area (TPSA) is 52.4 Å². The predicted molar refractivity (Wildman–Crippen MR) is 52.2 cm³/mol. The van der Waals surface area contributed by atoms with Crippen LogP contribution in [0.2, 0.25) is 0 Å². The van der Waals surface area contributed by atoms with Crippen LogP contribution in [0, 0.1) is 10.1 Å². The minimum atomic E-state index is -0.495. The molecule has 0 saturated heterocycles. The van der Waals surface area contributed by atoms with Gasteiger partial charge in [0.2, 0.25) is 0 Å². The maximum Gasteiger partial charge on any atom is 0.283 e. The van der Waals surface area contributed by atoms with Crippen LogP contribution in [-0.2, 0) is 4.74 Å². The molecule has 0 saturated carbocycles. The standard InChI is InChI=1S/C9H8ClNO3/c1-6-3-4-7(10)9(14-2)5-8(6)11(12)13/h4-5H,1-2H3. The van der Waals surface area contributed by atoms with Gasteiger partial charge in [0.05, 0.1) is 28.7 Å². The van der Waals surface area contributed by atoms with Gasteiger partial charge in [-0.25, -0.2) is 0 Å². The lowest BCUT2D eigenvalue weighted by molar-refractivity contribution is -0.420. The van der Waals surface area contributed by atoms with Crippen molar-refractivity contribution in [3.05, 3.63) is 50.1 Å². The molecule has 0 aliphatic heterocycles. The lowest BCUT2D eigenvalue weighted by Gasteiger charge is -2.00. The fourth-order valence-corrected chi connectivity index (χ4v) is 1.15. The van der Waals surface area contributed by atoms with Gasteiger partial charge in [-0.15, -0.1) is 5.73 Å². The summed E-state index contributed by atoms with van der Waals surface area (Å²) in [5, 5.41) is 10.9. The molecule has 0 aromatic heterocycles. The third kappa shape index (κ3) is 2.05. The Hall–Kier alpha value is -1.51. The molecule has 5 heteroatoms. The van der Waals surface area contributed by atoms with Crippen molar-refractivity contribution in [3.63, 3.8) is 0 Å². The fourth-order valence-electron chi connectivity index (χ4n) is 0.964. The van der Waals surface area contributed by atoms with Gasteiger partial charge in [0, 0.05) is 6.08 Å². The zero-order valence-electron chi connectivity index (χ0n) is 7.70. The largest absolute Gasteiger partial charge is 0.495 e. The highest BCUT2D eigenvalue weighted by Gasteiger charge is 2.17. The van der Waals surface area contributed by atoms with E-state index in [4.69, 9.17) is 16.3 Å². The summed E-state index contributed by atoms with van der Waals surface area (Å²) in [6, 6.07) is 0. The van der Waals surface area contributed by atoms with Crippen molar-refractivity contribution in [3.8, 4) is 0 Å². The minimum absolute atomic E-state index is 0.0613. The number of hydrogen-bond donors (Lipinski definition) is 0. The zero-order valence-corrected chi connectivity index (χ0v) is 8.46. The van der Waals surface area contributed by atoms with Crippen molar-refractivity contribution in [1.29, 1.82) is 0 Å². The van der Waals surface area contributed by atoms with E-state index in [1.807, 2.05) is 0 Å². The summed E-state index contributed by atoms with van der Waals surface area (Å²) >= 11 is 5.78. The molecule has 0 atom stereocenters. The second-order valence-electron chi connectivity index (χ2n) is 2.62. The molecule has 0 heterocycles. The first kappa shape index (κ1) is 10.6. The average molecular weight is 214 g/mol. The van der Waals surface area contributed by atoms with E-state index in [-0.39, 0.29) is 11.5 Å². The molecule has 1 aliphatic carbocycles. The Morgan fingerprint density at radius 3 is 2.79 bits per heavy atom. The van der Waals surface area contributed by atoms with Crippen LogP contribution < -0.4 is 0 Å². The molecule has 0 aromatic carbocycles. The van der Waals surface area contributed by atoms with Gasteiger partial charge in [0.1, 0.15) is 5.76 Å². The summed E-state index contributed by atoms with van der Waals surface area (Å²) in [5.74, 6) is 0.266. The monoisotopic (exact) mass is 213 g/mol. The van der Waals surface area contributed by atoms with Crippen LogP contribution >= 0.6 is 11.6 Å². The quantitative estimate of drug-likeness (QED) is 0.402. The van der Waals surface area contributed by atoms with E-state index in [1.165, 1.54) is 19.3 Å². The maximum atomic E-state index is 10.6. The second kappa shape index (κ2) is 4.13. The third-order valence-corrected chi connectivity index (χ3v) is 2.01. The molecular formula is C9H8ClNO3. The summed E-state index contributed by atoms with van der Waals surface area (Å²) in [6.07, 6.45) is 2.73. The Balaban J connectivity index is 3.30. The van der Waals surface area contributed by atoms with Gasteiger partial charge in [-0.05, 0) is 6.92 Å². The van der Waals surface area contributed by atoms with Crippen molar-refractivity contribution in [2.75, 3.05) is 7.11 Å². The molecule has 0 bridgehead atoms. The number of hydrogen-bond acceptors (Lipinski definition) is 3. The maximum absolute atomic E-state index is 10.6. The highest BCUT2D eigenvalue weighted by molar-refractivity contribution is 6.31. The molecule has 0 radical (unpaired) electrons. The van der Waals surface area contributed by atoms with E-state index < -0.39 is 4.92 Å². The summed E-state index contributed by atoms with van der Waals surface area (Å²) in [5.41, 5.74) is 3.06. The van der Waals surface area contributed by atoms with E-state index >= 15 is 0 Å². The first-order valence-corrected chi connectivity index (χ1v) is 4.17. The number of rotatable bonds is 2. The normalized spacial score (nSPS) is 15.9. The molecule has 4 nitrogen and oxygen atoms in total. The SMILES string of the molecule is COC1=C(Cl)C=C=C(C)C([N+](=O)[O-])=C1. The van der Waals surface area contributed by atoms with Gasteiger partial charge in [-0.1, -0.05) is 11.6 Å². The van der Waals surface area contributed by atoms with Gasteiger partial charge in [0.15, 0.2) is 0 Å². The number of nitro groups is 1. The van der Waals surface area contributed by atoms with Crippen molar-refractivity contribution < 1.29 is 9.66 Å². The van der Waals surface area contributed by atoms with Crippen LogP contribution in [-0.4, -0.2) is 12.0 Å². The van der Waals surface area contributed by atoms with Crippen LogP contribution in [0.4, 0.5) is 0 Å². The van der Waals surface area contributed by atoms with Gasteiger partial charge < -0.3 is 4.74 Å². The first-order valence-electron chi connectivity index (χ1n) is 3.79. The number of methoxy groups -OCH3 is 1. The number of halogens is 1. The highest BCUT2D eigenvalue weighted by Crippen LogP contribution is 2.21. The molecule has 0 spiro atoms. The summed E-state index contributed by atoms with van der Waals surface area (Å²) < 4.78 is 4.89. The second-order valence-corrected chi connectivity index (χ2v) is 3.02. The molecule has 74 valence electrons. The lowest BCUT2D eigenvalue weighted by atomic mass is 10.2. The molecule has 0 fully saturated rings. The van der Waals surface area contributed by atoms with Crippen LogP contribution in [0.15, 0.2) is 39.9 Å². The first-order chi connectivity index (χ1) is 6.56. The van der Waals surface area contributed by atoms with Gasteiger partial charge in [-0.3, -0.25) is 10.1 Å². The van der Waals surface area contributed by atoms with E-state index in [1.54, 1.807) is 6.92 Å². The van der Waals surface area contributed by atoms with Crippen LogP contribution in [0.5, 0.6) is 0 Å². The molecule has 14 heavy (non-hydrogen) atoms. The van der Waals surface area contributed by atoms with Crippen molar-refractivity contribution in [2.24, 2.45) is 0 Å². The average Bonchev–Trinajstić information content (AvgIpc) is 2.27. The Morgan fingerprint density at radius 2 is 2.29 bits per heavy atom. The van der Waals surface area contributed by atoms with Crippen molar-refractivity contribution in [1.82, 2.24) is 0 Å². The number of allylic oxidation sites excluding steroid dienone is 3. The Morgan fingerprint density at radius 1 is 1.64 bits per heavy atom. The van der Waals surface area contributed by atoms with E-state index in [0.29, 0.717) is 10.6 Å². The molecule has 0 N–H and O–H groups in total. The zero-order chi connectivity index (χ0) is 10.7. The number of ether oxygens (including phenoxy) is 1. The molecular weight excluding hydrogens is 206 g/mol. The third-order valence-electron chi connectivity index (χ3n) is 1.72. The molecule has 1 aliphatic rings. The Kier molecular flexibility index (Phi) is 3.12. The van der Waals surface area contributed by atoms with E-state index in [2.05, 4.69) is 5.73 Å². The van der Waals surface area contributed by atoms with Crippen LogP contribution in [0.25, 0.3) is 0 Å². The number of nitrogens with zero attached hydrogens (tertiary/aromatic N) is 1. The Labute approximate surface area is 86.0 Å². The summed E-state index contributed by atoms with van der Waals surface area (Å²) in [7, 11) is 1.40. The molecule has 1 rings (SSSR count). The van der Waals surface area contributed by atoms with Crippen LogP contribution in [0.3, 0.4) is 0 Å². The fraction of sp³-hybridized carbons (Fsp3) is 0.222. The highest BCUT2D eigenvalue weighted by atomic mass is 35.5. The molecule has 0 unspecified atom stereocenters. The summed E-state index contributed by atoms with van der Waals surface area (Å²) in [6.45, 7) is 1.59. The van der Waals surface area contributed by atoms with Gasteiger partial charge in [-0.2, -0.15) is 0 Å². The van der Waals surface area contributed by atoms with E-state index in [9.17, 15) is 10.1 Å². The summed E-state index contributed by atoms with van der Waals surface area (Å²) in [4.78, 5) is 10.1. The smallest absolute Gasteiger partial charge is 0.283 e. The van der Waals surface area contributed by atoms with Crippen molar-refractivity contribution >= 4 is 11.6 Å². The molecule has 0 amide bonds. The van der Waals surface area contributed by atoms with E-state index in [0.717, 1.165) is 0 Å². The molecule has 0 aromatic rings. The predicted octanol–water partition coefficient (Wildman–Crippen LogP) is 2.36.